The first-order valence-corrected chi connectivity index (χ1v) is 6.59. The van der Waals surface area contributed by atoms with E-state index in [0.29, 0.717) is 5.69 Å². The summed E-state index contributed by atoms with van der Waals surface area (Å²) in [6, 6.07) is 12.7. The Labute approximate surface area is 121 Å². The van der Waals surface area contributed by atoms with Gasteiger partial charge < -0.3 is 0 Å². The highest BCUT2D eigenvalue weighted by Crippen LogP contribution is 2.24. The maximum absolute atomic E-state index is 13.5. The predicted octanol–water partition coefficient (Wildman–Crippen LogP) is 4.64. The fourth-order valence-electron chi connectivity index (χ4n) is 2.13. The van der Waals surface area contributed by atoms with E-state index in [4.69, 9.17) is 11.6 Å². The Kier molecular flexibility index (Phi) is 3.28. The number of benzene rings is 2. The van der Waals surface area contributed by atoms with E-state index in [2.05, 4.69) is 18.1 Å². The molecule has 1 heterocycles. The molecule has 2 nitrogen and oxygen atoms in total. The van der Waals surface area contributed by atoms with Crippen LogP contribution in [0.1, 0.15) is 5.56 Å². The van der Waals surface area contributed by atoms with E-state index in [-0.39, 0.29) is 5.02 Å². The van der Waals surface area contributed by atoms with Gasteiger partial charge in [0, 0.05) is 17.8 Å². The minimum absolute atomic E-state index is 0.111. The second kappa shape index (κ2) is 5.10. The quantitative estimate of drug-likeness (QED) is 0.671. The first kappa shape index (κ1) is 12.9. The van der Waals surface area contributed by atoms with Gasteiger partial charge in [-0.2, -0.15) is 5.10 Å². The van der Waals surface area contributed by atoms with Crippen molar-refractivity contribution in [3.05, 3.63) is 71.3 Å². The van der Waals surface area contributed by atoms with Crippen LogP contribution in [0.3, 0.4) is 0 Å². The molecule has 0 unspecified atom stereocenters. The molecule has 0 aliphatic rings. The smallest absolute Gasteiger partial charge is 0.143 e. The molecule has 3 rings (SSSR count). The van der Waals surface area contributed by atoms with Crippen molar-refractivity contribution in [2.24, 2.45) is 0 Å². The Bertz CT molecular complexity index is 765. The van der Waals surface area contributed by atoms with Crippen LogP contribution < -0.4 is 0 Å². The van der Waals surface area contributed by atoms with E-state index in [0.717, 1.165) is 11.1 Å². The average Bonchev–Trinajstić information content (AvgIpc) is 2.92. The minimum Gasteiger partial charge on any atom is -0.240 e. The summed E-state index contributed by atoms with van der Waals surface area (Å²) < 4.78 is 15.1. The molecule has 2 aromatic carbocycles. The molecule has 0 atom stereocenters. The van der Waals surface area contributed by atoms with Crippen molar-refractivity contribution in [2.75, 3.05) is 0 Å². The van der Waals surface area contributed by atoms with Crippen LogP contribution in [0.2, 0.25) is 5.02 Å². The van der Waals surface area contributed by atoms with Crippen LogP contribution in [0.15, 0.2) is 54.9 Å². The number of rotatable bonds is 2. The number of hydrogen-bond donors (Lipinski definition) is 0. The molecule has 0 aliphatic carbocycles. The Morgan fingerprint density at radius 3 is 2.70 bits per heavy atom. The van der Waals surface area contributed by atoms with E-state index in [1.807, 2.05) is 24.4 Å². The summed E-state index contributed by atoms with van der Waals surface area (Å²) in [5.74, 6) is -0.447. The average molecular weight is 287 g/mol. The molecular weight excluding hydrogens is 275 g/mol. The molecular formula is C16H12ClFN2. The third kappa shape index (κ3) is 2.32. The monoisotopic (exact) mass is 286 g/mol. The van der Waals surface area contributed by atoms with E-state index < -0.39 is 5.82 Å². The van der Waals surface area contributed by atoms with Gasteiger partial charge in [-0.15, -0.1) is 0 Å². The molecule has 0 fully saturated rings. The summed E-state index contributed by atoms with van der Waals surface area (Å²) in [7, 11) is 0. The van der Waals surface area contributed by atoms with E-state index >= 15 is 0 Å². The maximum Gasteiger partial charge on any atom is 0.143 e. The van der Waals surface area contributed by atoms with Crippen molar-refractivity contribution in [3.63, 3.8) is 0 Å². The normalized spacial score (nSPS) is 10.8. The van der Waals surface area contributed by atoms with Gasteiger partial charge in [0.15, 0.2) is 0 Å². The van der Waals surface area contributed by atoms with Crippen LogP contribution in [0.5, 0.6) is 0 Å². The molecule has 0 spiro atoms. The van der Waals surface area contributed by atoms with Gasteiger partial charge in [-0.1, -0.05) is 35.9 Å². The molecule has 20 heavy (non-hydrogen) atoms. The zero-order valence-electron chi connectivity index (χ0n) is 10.8. The zero-order chi connectivity index (χ0) is 14.1. The van der Waals surface area contributed by atoms with Gasteiger partial charge in [-0.3, -0.25) is 0 Å². The lowest BCUT2D eigenvalue weighted by Crippen LogP contribution is -1.94. The third-order valence-electron chi connectivity index (χ3n) is 3.21. The molecule has 0 saturated carbocycles. The van der Waals surface area contributed by atoms with E-state index in [9.17, 15) is 4.39 Å². The van der Waals surface area contributed by atoms with Crippen LogP contribution in [0, 0.1) is 12.7 Å². The molecule has 4 heteroatoms. The highest BCUT2D eigenvalue weighted by atomic mass is 35.5. The summed E-state index contributed by atoms with van der Waals surface area (Å²) >= 11 is 5.69. The molecule has 0 amide bonds. The summed E-state index contributed by atoms with van der Waals surface area (Å²) in [6.07, 6.45) is 3.65. The van der Waals surface area contributed by atoms with Gasteiger partial charge in [0.25, 0.3) is 0 Å². The van der Waals surface area contributed by atoms with Gasteiger partial charge >= 0.3 is 0 Å². The zero-order valence-corrected chi connectivity index (χ0v) is 11.6. The highest BCUT2D eigenvalue weighted by Gasteiger charge is 2.07. The lowest BCUT2D eigenvalue weighted by Gasteiger charge is -2.03. The van der Waals surface area contributed by atoms with Gasteiger partial charge in [-0.25, -0.2) is 9.07 Å². The fraction of sp³-hybridized carbons (Fsp3) is 0.0625. The van der Waals surface area contributed by atoms with E-state index in [1.165, 1.54) is 17.7 Å². The summed E-state index contributed by atoms with van der Waals surface area (Å²) in [5, 5.41) is 4.39. The first-order valence-electron chi connectivity index (χ1n) is 6.21. The number of aryl methyl sites for hydroxylation is 1. The molecule has 0 saturated heterocycles. The second-order valence-corrected chi connectivity index (χ2v) is 4.99. The number of aromatic nitrogens is 2. The van der Waals surface area contributed by atoms with Crippen LogP contribution in [0.25, 0.3) is 16.8 Å². The van der Waals surface area contributed by atoms with Crippen molar-refractivity contribution in [3.8, 4) is 16.8 Å². The number of nitrogens with zero attached hydrogens (tertiary/aromatic N) is 2. The van der Waals surface area contributed by atoms with Crippen molar-refractivity contribution in [1.29, 1.82) is 0 Å². The van der Waals surface area contributed by atoms with Gasteiger partial charge in [0.1, 0.15) is 5.82 Å². The van der Waals surface area contributed by atoms with E-state index in [1.54, 1.807) is 16.9 Å². The Morgan fingerprint density at radius 2 is 1.95 bits per heavy atom. The largest absolute Gasteiger partial charge is 0.240 e. The molecule has 0 bridgehead atoms. The minimum atomic E-state index is -0.447. The standard InChI is InChI=1S/C16H12ClFN2/c1-11-4-2-3-5-14(11)12-9-19-20(10-12)13-6-7-15(17)16(18)8-13/h2-10H,1H3. The molecule has 3 aromatic rings. The Hall–Kier alpha value is -2.13. The molecule has 100 valence electrons. The SMILES string of the molecule is Cc1ccccc1-c1cnn(-c2ccc(Cl)c(F)c2)c1. The molecule has 0 N–H and O–H groups in total. The molecule has 0 aliphatic heterocycles. The lowest BCUT2D eigenvalue weighted by molar-refractivity contribution is 0.626. The van der Waals surface area contributed by atoms with Gasteiger partial charge in [0.2, 0.25) is 0 Å². The van der Waals surface area contributed by atoms with Crippen LogP contribution >= 0.6 is 11.6 Å². The first-order chi connectivity index (χ1) is 9.65. The second-order valence-electron chi connectivity index (χ2n) is 4.59. The van der Waals surface area contributed by atoms with Crippen LogP contribution in [0.4, 0.5) is 4.39 Å². The van der Waals surface area contributed by atoms with Gasteiger partial charge in [-0.05, 0) is 30.2 Å². The third-order valence-corrected chi connectivity index (χ3v) is 3.51. The molecule has 0 radical (unpaired) electrons. The summed E-state index contributed by atoms with van der Waals surface area (Å²) in [4.78, 5) is 0. The predicted molar refractivity (Wildman–Crippen MR) is 78.7 cm³/mol. The molecule has 1 aromatic heterocycles. The van der Waals surface area contributed by atoms with Crippen molar-refractivity contribution >= 4 is 11.6 Å². The topological polar surface area (TPSA) is 17.8 Å². The highest BCUT2D eigenvalue weighted by molar-refractivity contribution is 6.30. The van der Waals surface area contributed by atoms with Gasteiger partial charge in [0.05, 0.1) is 16.9 Å². The summed E-state index contributed by atoms with van der Waals surface area (Å²) in [6.45, 7) is 2.05. The lowest BCUT2D eigenvalue weighted by atomic mass is 10.0. The number of hydrogen-bond acceptors (Lipinski definition) is 1. The Morgan fingerprint density at radius 1 is 1.15 bits per heavy atom. The summed E-state index contributed by atoms with van der Waals surface area (Å²) in [5.41, 5.74) is 3.94. The maximum atomic E-state index is 13.5. The number of halogens is 2. The van der Waals surface area contributed by atoms with Crippen molar-refractivity contribution < 1.29 is 4.39 Å². The van der Waals surface area contributed by atoms with Crippen molar-refractivity contribution in [2.45, 2.75) is 6.92 Å². The van der Waals surface area contributed by atoms with Crippen LogP contribution in [-0.2, 0) is 0 Å². The fourth-order valence-corrected chi connectivity index (χ4v) is 2.24. The van der Waals surface area contributed by atoms with Crippen LogP contribution in [-0.4, -0.2) is 9.78 Å². The van der Waals surface area contributed by atoms with Crippen molar-refractivity contribution in [1.82, 2.24) is 9.78 Å². The Balaban J connectivity index is 2.02.